The minimum Gasteiger partial charge on any atom is -0.497 e. The molecule has 1 heterocycles. The van der Waals surface area contributed by atoms with Crippen molar-refractivity contribution in [1.29, 1.82) is 0 Å². The smallest absolute Gasteiger partial charge is 0.243 e. The Morgan fingerprint density at radius 2 is 1.77 bits per heavy atom. The van der Waals surface area contributed by atoms with Gasteiger partial charge in [0, 0.05) is 13.1 Å². The number of hydrogen-bond donors (Lipinski definition) is 1. The first-order valence-corrected chi connectivity index (χ1v) is 12.0. The van der Waals surface area contributed by atoms with Crippen LogP contribution in [0.15, 0.2) is 53.4 Å². The highest BCUT2D eigenvalue weighted by Crippen LogP contribution is 2.26. The van der Waals surface area contributed by atoms with Gasteiger partial charge >= 0.3 is 0 Å². The first-order valence-electron chi connectivity index (χ1n) is 10.5. The molecule has 0 saturated carbocycles. The summed E-state index contributed by atoms with van der Waals surface area (Å²) >= 11 is 0. The molecule has 2 atom stereocenters. The maximum Gasteiger partial charge on any atom is 0.243 e. The van der Waals surface area contributed by atoms with Gasteiger partial charge in [0.25, 0.3) is 0 Å². The average molecular weight is 447 g/mol. The van der Waals surface area contributed by atoms with Gasteiger partial charge in [0.05, 0.1) is 30.6 Å². The predicted molar refractivity (Wildman–Crippen MR) is 119 cm³/mol. The molecule has 31 heavy (non-hydrogen) atoms. The van der Waals surface area contributed by atoms with Gasteiger partial charge in [0.1, 0.15) is 11.5 Å². The zero-order chi connectivity index (χ0) is 22.4. The first-order chi connectivity index (χ1) is 14.8. The monoisotopic (exact) mass is 446 g/mol. The molecule has 1 amide bonds. The van der Waals surface area contributed by atoms with Gasteiger partial charge in [-0.3, -0.25) is 4.79 Å². The van der Waals surface area contributed by atoms with Gasteiger partial charge in [-0.1, -0.05) is 12.1 Å². The lowest BCUT2D eigenvalue weighted by molar-refractivity contribution is -0.126. The summed E-state index contributed by atoms with van der Waals surface area (Å²) < 4.78 is 38.1. The number of carbonyl (C=O) groups is 1. The largest absolute Gasteiger partial charge is 0.497 e. The second-order valence-electron chi connectivity index (χ2n) is 7.61. The van der Waals surface area contributed by atoms with Crippen molar-refractivity contribution < 1.29 is 22.7 Å². The zero-order valence-electron chi connectivity index (χ0n) is 18.2. The van der Waals surface area contributed by atoms with Crippen molar-refractivity contribution in [2.45, 2.75) is 37.6 Å². The molecule has 168 valence electrons. The number of sulfonamides is 1. The zero-order valence-corrected chi connectivity index (χ0v) is 19.0. The summed E-state index contributed by atoms with van der Waals surface area (Å²) in [6, 6.07) is 13.7. The van der Waals surface area contributed by atoms with Crippen LogP contribution in [0.1, 0.15) is 38.3 Å². The number of hydrogen-bond acceptors (Lipinski definition) is 5. The third kappa shape index (κ3) is 5.57. The van der Waals surface area contributed by atoms with Crippen molar-refractivity contribution in [2.75, 3.05) is 26.8 Å². The molecule has 1 saturated heterocycles. The average Bonchev–Trinajstić information content (AvgIpc) is 2.79. The maximum absolute atomic E-state index is 13.1. The molecule has 3 rings (SSSR count). The van der Waals surface area contributed by atoms with E-state index in [4.69, 9.17) is 9.47 Å². The third-order valence-electron chi connectivity index (χ3n) is 5.50. The number of benzene rings is 2. The second kappa shape index (κ2) is 10.2. The lowest BCUT2D eigenvalue weighted by Crippen LogP contribution is -2.45. The summed E-state index contributed by atoms with van der Waals surface area (Å²) in [5, 5.41) is 3.02. The van der Waals surface area contributed by atoms with Gasteiger partial charge in [0.15, 0.2) is 0 Å². The van der Waals surface area contributed by atoms with Crippen molar-refractivity contribution in [1.82, 2.24) is 9.62 Å². The first kappa shape index (κ1) is 23.1. The van der Waals surface area contributed by atoms with Crippen molar-refractivity contribution in [3.05, 3.63) is 54.1 Å². The molecule has 0 aromatic heterocycles. The molecule has 1 N–H and O–H groups in total. The van der Waals surface area contributed by atoms with Crippen LogP contribution in [0.2, 0.25) is 0 Å². The lowest BCUT2D eigenvalue weighted by Gasteiger charge is -2.32. The third-order valence-corrected chi connectivity index (χ3v) is 7.38. The van der Waals surface area contributed by atoms with Crippen molar-refractivity contribution in [3.63, 3.8) is 0 Å². The second-order valence-corrected chi connectivity index (χ2v) is 9.55. The Balaban J connectivity index is 1.65. The van der Waals surface area contributed by atoms with Gasteiger partial charge in [0.2, 0.25) is 15.9 Å². The summed E-state index contributed by atoms with van der Waals surface area (Å²) in [6.07, 6.45) is 1.31. The number of carbonyl (C=O) groups excluding carboxylic acids is 1. The number of nitrogens with one attached hydrogen (secondary N) is 1. The highest BCUT2D eigenvalue weighted by atomic mass is 32.2. The highest BCUT2D eigenvalue weighted by molar-refractivity contribution is 7.89. The van der Waals surface area contributed by atoms with Crippen LogP contribution >= 0.6 is 0 Å². The van der Waals surface area contributed by atoms with E-state index in [-0.39, 0.29) is 29.3 Å². The van der Waals surface area contributed by atoms with Crippen molar-refractivity contribution >= 4 is 15.9 Å². The maximum atomic E-state index is 13.1. The van der Waals surface area contributed by atoms with Gasteiger partial charge in [-0.2, -0.15) is 4.31 Å². The van der Waals surface area contributed by atoms with Crippen LogP contribution < -0.4 is 14.8 Å². The van der Waals surface area contributed by atoms with Crippen LogP contribution in [0.4, 0.5) is 0 Å². The Labute approximate surface area is 184 Å². The van der Waals surface area contributed by atoms with Crippen LogP contribution in [0, 0.1) is 5.92 Å². The fraction of sp³-hybridized carbons (Fsp3) is 0.435. The van der Waals surface area contributed by atoms with Crippen molar-refractivity contribution in [2.24, 2.45) is 5.92 Å². The van der Waals surface area contributed by atoms with Gasteiger partial charge in [-0.25, -0.2) is 8.42 Å². The molecule has 0 unspecified atom stereocenters. The van der Waals surface area contributed by atoms with Gasteiger partial charge in [-0.05, 0) is 68.7 Å². The molecule has 0 radical (unpaired) electrons. The fourth-order valence-corrected chi connectivity index (χ4v) is 5.23. The standard InChI is InChI=1S/C23H30N2O5S/c1-4-30-21-11-13-22(14-12-21)31(27,28)25-15-5-6-19(16-25)23(26)24-17(2)18-7-9-20(29-3)10-8-18/h7-14,17,19H,4-6,15-16H2,1-3H3,(H,24,26)/t17-,19+/m1/s1. The van der Waals surface area contributed by atoms with Crippen molar-refractivity contribution in [3.8, 4) is 11.5 Å². The Morgan fingerprint density at radius 1 is 1.13 bits per heavy atom. The summed E-state index contributed by atoms with van der Waals surface area (Å²) in [5.41, 5.74) is 0.962. The Bertz CT molecular complexity index is 974. The van der Waals surface area contributed by atoms with Gasteiger partial charge in [-0.15, -0.1) is 0 Å². The molecule has 0 aliphatic carbocycles. The molecule has 1 fully saturated rings. The van der Waals surface area contributed by atoms with Crippen LogP contribution in [-0.2, 0) is 14.8 Å². The normalized spacial score (nSPS) is 18.2. The van der Waals surface area contributed by atoms with E-state index in [1.807, 2.05) is 38.1 Å². The van der Waals surface area contributed by atoms with Gasteiger partial charge < -0.3 is 14.8 Å². The SMILES string of the molecule is CCOc1ccc(S(=O)(=O)N2CCC[C@H](C(=O)N[C@H](C)c3ccc(OC)cc3)C2)cc1. The van der Waals surface area contributed by atoms with E-state index in [1.54, 1.807) is 31.4 Å². The molecule has 1 aliphatic heterocycles. The van der Waals surface area contributed by atoms with Crippen LogP contribution in [-0.4, -0.2) is 45.4 Å². The van der Waals surface area contributed by atoms with Crippen LogP contribution in [0.5, 0.6) is 11.5 Å². The van der Waals surface area contributed by atoms with E-state index in [2.05, 4.69) is 5.32 Å². The summed E-state index contributed by atoms with van der Waals surface area (Å²) in [5.74, 6) is 0.872. The van der Waals surface area contributed by atoms with E-state index >= 15 is 0 Å². The number of rotatable bonds is 8. The molecule has 0 bridgehead atoms. The molecule has 8 heteroatoms. The minimum absolute atomic E-state index is 0.130. The van der Waals surface area contributed by atoms with Crippen LogP contribution in [0.3, 0.4) is 0 Å². The molecule has 2 aromatic carbocycles. The van der Waals surface area contributed by atoms with E-state index in [0.717, 1.165) is 11.3 Å². The molecule has 2 aromatic rings. The van der Waals surface area contributed by atoms with E-state index < -0.39 is 10.0 Å². The quantitative estimate of drug-likeness (QED) is 0.672. The molecule has 0 spiro atoms. The summed E-state index contributed by atoms with van der Waals surface area (Å²) in [6.45, 7) is 4.89. The number of methoxy groups -OCH3 is 1. The topological polar surface area (TPSA) is 84.9 Å². The minimum atomic E-state index is -3.66. The number of ether oxygens (including phenoxy) is 2. The van der Waals surface area contributed by atoms with Crippen LogP contribution in [0.25, 0.3) is 0 Å². The Kier molecular flexibility index (Phi) is 7.56. The van der Waals surface area contributed by atoms with E-state index in [9.17, 15) is 13.2 Å². The Hall–Kier alpha value is -2.58. The predicted octanol–water partition coefficient (Wildman–Crippen LogP) is 3.37. The highest BCUT2D eigenvalue weighted by Gasteiger charge is 2.33. The van der Waals surface area contributed by atoms with E-state index in [0.29, 0.717) is 31.7 Å². The number of amides is 1. The molecular weight excluding hydrogens is 416 g/mol. The summed E-state index contributed by atoms with van der Waals surface area (Å²) in [7, 11) is -2.06. The molecular formula is C23H30N2O5S. The number of nitrogens with zero attached hydrogens (tertiary/aromatic N) is 1. The fourth-order valence-electron chi connectivity index (χ4n) is 3.71. The lowest BCUT2D eigenvalue weighted by atomic mass is 9.98. The Morgan fingerprint density at radius 3 is 2.39 bits per heavy atom. The molecule has 7 nitrogen and oxygen atoms in total. The summed E-state index contributed by atoms with van der Waals surface area (Å²) in [4.78, 5) is 13.1. The molecule has 1 aliphatic rings. The number of piperidine rings is 1. The van der Waals surface area contributed by atoms with E-state index in [1.165, 1.54) is 4.31 Å².